The second kappa shape index (κ2) is 8.01. The summed E-state index contributed by atoms with van der Waals surface area (Å²) in [5.74, 6) is 0. The second-order valence-corrected chi connectivity index (χ2v) is 9.07. The minimum atomic E-state index is 0.0914. The molecule has 5 rings (SSSR count). The zero-order valence-corrected chi connectivity index (χ0v) is 18.6. The van der Waals surface area contributed by atoms with Crippen LogP contribution in [0.25, 0.3) is 44.4 Å². The van der Waals surface area contributed by atoms with Crippen molar-refractivity contribution < 1.29 is 0 Å². The molecule has 2 heterocycles. The molecule has 0 amide bonds. The molecule has 0 fully saturated rings. The Labute approximate surface area is 188 Å². The quantitative estimate of drug-likeness (QED) is 0.310. The number of pyridine rings is 1. The van der Waals surface area contributed by atoms with Crippen LogP contribution in [0.15, 0.2) is 97.6 Å². The minimum absolute atomic E-state index is 0.0914. The number of aromatic nitrogens is 3. The largest absolute Gasteiger partial charge is 0.256 e. The maximum atomic E-state index is 4.69. The number of hydrogen-bond acceptors (Lipinski definition) is 3. The maximum absolute atomic E-state index is 4.69. The van der Waals surface area contributed by atoms with Gasteiger partial charge in [0.1, 0.15) is 6.33 Å². The number of rotatable bonds is 3. The average Bonchev–Trinajstić information content (AvgIpc) is 2.83. The highest BCUT2D eigenvalue weighted by Gasteiger charge is 2.16. The lowest BCUT2D eigenvalue weighted by atomic mass is 9.85. The molecule has 5 aromatic rings. The highest BCUT2D eigenvalue weighted by atomic mass is 14.8. The van der Waals surface area contributed by atoms with Crippen molar-refractivity contribution in [3.63, 3.8) is 0 Å². The van der Waals surface area contributed by atoms with Gasteiger partial charge < -0.3 is 0 Å². The molecular weight excluding hydrogens is 390 g/mol. The molecule has 3 aromatic carbocycles. The fourth-order valence-electron chi connectivity index (χ4n) is 4.09. The standard InChI is InChI=1S/C29H25N3/c1-29(2,3)23-11-7-9-21(17-23)24-13-14-25(28-26(24)18-30-19-32-28)20-8-6-10-22(16-20)27-12-4-5-15-31-27/h4-19H,1-3H3. The molecule has 0 saturated carbocycles. The first-order valence-corrected chi connectivity index (χ1v) is 10.9. The van der Waals surface area contributed by atoms with Gasteiger partial charge in [-0.3, -0.25) is 4.98 Å². The molecular formula is C29H25N3. The molecule has 3 heteroatoms. The van der Waals surface area contributed by atoms with E-state index in [-0.39, 0.29) is 5.41 Å². The third-order valence-corrected chi connectivity index (χ3v) is 5.85. The average molecular weight is 416 g/mol. The van der Waals surface area contributed by atoms with E-state index < -0.39 is 0 Å². The molecule has 0 aliphatic carbocycles. The van der Waals surface area contributed by atoms with Gasteiger partial charge in [-0.2, -0.15) is 0 Å². The Hall–Kier alpha value is -3.85. The van der Waals surface area contributed by atoms with Crippen LogP contribution in [0.1, 0.15) is 26.3 Å². The Bertz CT molecular complexity index is 1400. The Balaban J connectivity index is 1.66. The first-order valence-electron chi connectivity index (χ1n) is 10.9. The van der Waals surface area contributed by atoms with E-state index in [0.29, 0.717) is 0 Å². The Morgan fingerprint density at radius 3 is 2.19 bits per heavy atom. The summed E-state index contributed by atoms with van der Waals surface area (Å²) in [7, 11) is 0. The van der Waals surface area contributed by atoms with Crippen molar-refractivity contribution in [3.8, 4) is 33.5 Å². The summed E-state index contributed by atoms with van der Waals surface area (Å²) in [6.45, 7) is 6.72. The summed E-state index contributed by atoms with van der Waals surface area (Å²) in [5, 5.41) is 1.05. The Morgan fingerprint density at radius 1 is 0.656 bits per heavy atom. The van der Waals surface area contributed by atoms with Gasteiger partial charge in [0, 0.05) is 28.9 Å². The van der Waals surface area contributed by atoms with Gasteiger partial charge in [0.05, 0.1) is 11.2 Å². The number of fused-ring (bicyclic) bond motifs is 1. The SMILES string of the molecule is CC(C)(C)c1cccc(-c2ccc(-c3cccc(-c4ccccn4)c3)c3ncncc23)c1. The summed E-state index contributed by atoms with van der Waals surface area (Å²) in [6.07, 6.45) is 5.38. The fourth-order valence-corrected chi connectivity index (χ4v) is 4.09. The predicted molar refractivity (Wildman–Crippen MR) is 132 cm³/mol. The lowest BCUT2D eigenvalue weighted by molar-refractivity contribution is 0.590. The molecule has 0 spiro atoms. The fraction of sp³-hybridized carbons (Fsp3) is 0.138. The zero-order chi connectivity index (χ0) is 22.1. The highest BCUT2D eigenvalue weighted by molar-refractivity contribution is 6.02. The third-order valence-electron chi connectivity index (χ3n) is 5.85. The van der Waals surface area contributed by atoms with E-state index in [1.165, 1.54) is 11.1 Å². The van der Waals surface area contributed by atoms with E-state index >= 15 is 0 Å². The number of hydrogen-bond donors (Lipinski definition) is 0. The molecule has 0 unspecified atom stereocenters. The maximum Gasteiger partial charge on any atom is 0.116 e. The van der Waals surface area contributed by atoms with Crippen molar-refractivity contribution in [2.45, 2.75) is 26.2 Å². The molecule has 0 atom stereocenters. The summed E-state index contributed by atoms with van der Waals surface area (Å²) < 4.78 is 0. The first kappa shape index (κ1) is 20.1. The van der Waals surface area contributed by atoms with E-state index in [1.54, 1.807) is 6.33 Å². The summed E-state index contributed by atoms with van der Waals surface area (Å²) in [6, 6.07) is 27.6. The third kappa shape index (κ3) is 3.78. The van der Waals surface area contributed by atoms with Crippen molar-refractivity contribution in [1.82, 2.24) is 15.0 Å². The molecule has 0 bridgehead atoms. The monoisotopic (exact) mass is 415 g/mol. The normalized spacial score (nSPS) is 11.6. The highest BCUT2D eigenvalue weighted by Crippen LogP contribution is 2.36. The van der Waals surface area contributed by atoms with Crippen LogP contribution in [0.4, 0.5) is 0 Å². The van der Waals surface area contributed by atoms with Crippen molar-refractivity contribution in [2.24, 2.45) is 0 Å². The van der Waals surface area contributed by atoms with Crippen molar-refractivity contribution in [1.29, 1.82) is 0 Å². The lowest BCUT2D eigenvalue weighted by Crippen LogP contribution is -2.10. The smallest absolute Gasteiger partial charge is 0.116 e. The van der Waals surface area contributed by atoms with Gasteiger partial charge in [-0.1, -0.05) is 81.4 Å². The predicted octanol–water partition coefficient (Wildman–Crippen LogP) is 7.32. The van der Waals surface area contributed by atoms with Gasteiger partial charge in [-0.05, 0) is 45.9 Å². The van der Waals surface area contributed by atoms with Crippen LogP contribution < -0.4 is 0 Å². The van der Waals surface area contributed by atoms with Crippen LogP contribution in [0, 0.1) is 0 Å². The van der Waals surface area contributed by atoms with Gasteiger partial charge in [0.25, 0.3) is 0 Å². The zero-order valence-electron chi connectivity index (χ0n) is 18.6. The van der Waals surface area contributed by atoms with Crippen LogP contribution in [-0.4, -0.2) is 15.0 Å². The molecule has 0 N–H and O–H groups in total. The molecule has 0 saturated heterocycles. The molecule has 0 aliphatic heterocycles. The van der Waals surface area contributed by atoms with Crippen molar-refractivity contribution >= 4 is 10.9 Å². The van der Waals surface area contributed by atoms with Crippen LogP contribution in [0.3, 0.4) is 0 Å². The Kier molecular flexibility index (Phi) is 5.02. The number of benzene rings is 3. The van der Waals surface area contributed by atoms with Crippen molar-refractivity contribution in [3.05, 3.63) is 103 Å². The van der Waals surface area contributed by atoms with Crippen LogP contribution >= 0.6 is 0 Å². The van der Waals surface area contributed by atoms with Gasteiger partial charge in [0.2, 0.25) is 0 Å². The van der Waals surface area contributed by atoms with Crippen LogP contribution in [0.2, 0.25) is 0 Å². The molecule has 32 heavy (non-hydrogen) atoms. The molecule has 2 aromatic heterocycles. The van der Waals surface area contributed by atoms with Gasteiger partial charge in [0.15, 0.2) is 0 Å². The molecule has 0 radical (unpaired) electrons. The summed E-state index contributed by atoms with van der Waals surface area (Å²) >= 11 is 0. The molecule has 156 valence electrons. The lowest BCUT2D eigenvalue weighted by Gasteiger charge is -2.20. The summed E-state index contributed by atoms with van der Waals surface area (Å²) in [5.41, 5.74) is 8.96. The van der Waals surface area contributed by atoms with E-state index in [9.17, 15) is 0 Å². The van der Waals surface area contributed by atoms with E-state index in [1.807, 2.05) is 30.6 Å². The van der Waals surface area contributed by atoms with Crippen LogP contribution in [0.5, 0.6) is 0 Å². The van der Waals surface area contributed by atoms with Gasteiger partial charge in [-0.15, -0.1) is 0 Å². The van der Waals surface area contributed by atoms with Crippen LogP contribution in [-0.2, 0) is 5.41 Å². The minimum Gasteiger partial charge on any atom is -0.256 e. The van der Waals surface area contributed by atoms with Gasteiger partial charge in [-0.25, -0.2) is 9.97 Å². The van der Waals surface area contributed by atoms with Gasteiger partial charge >= 0.3 is 0 Å². The second-order valence-electron chi connectivity index (χ2n) is 9.07. The number of nitrogens with zero attached hydrogens (tertiary/aromatic N) is 3. The van der Waals surface area contributed by atoms with E-state index in [4.69, 9.17) is 4.98 Å². The van der Waals surface area contributed by atoms with E-state index in [0.717, 1.165) is 38.9 Å². The molecule has 3 nitrogen and oxygen atoms in total. The van der Waals surface area contributed by atoms with E-state index in [2.05, 4.69) is 91.4 Å². The Morgan fingerprint density at radius 2 is 1.41 bits per heavy atom. The van der Waals surface area contributed by atoms with Crippen molar-refractivity contribution in [2.75, 3.05) is 0 Å². The first-order chi connectivity index (χ1) is 15.5. The molecule has 0 aliphatic rings. The topological polar surface area (TPSA) is 38.7 Å². The summed E-state index contributed by atoms with van der Waals surface area (Å²) in [4.78, 5) is 13.5.